The van der Waals surface area contributed by atoms with Crippen LogP contribution in [0.2, 0.25) is 0 Å². The molecule has 2 atom stereocenters. The molecule has 0 radical (unpaired) electrons. The van der Waals surface area contributed by atoms with Crippen molar-refractivity contribution in [3.05, 3.63) is 35.6 Å². The Kier molecular flexibility index (Phi) is 3.76. The molecule has 2 amide bonds. The number of carbonyl (C=O) groups excluding carboxylic acids is 1. The average Bonchev–Trinajstić information content (AvgIpc) is 3.09. The number of fused-ring (bicyclic) bond motifs is 1. The minimum Gasteiger partial charge on any atom is -0.459 e. The second kappa shape index (κ2) is 5.81. The van der Waals surface area contributed by atoms with Crippen molar-refractivity contribution in [1.29, 1.82) is 0 Å². The first-order valence-electron chi connectivity index (χ1n) is 8.72. The lowest BCUT2D eigenvalue weighted by Gasteiger charge is -2.23. The monoisotopic (exact) mass is 328 g/mol. The molecule has 1 saturated heterocycles. The molecule has 5 heteroatoms. The fraction of sp³-hybridized carbons (Fsp3) is 0.526. The van der Waals surface area contributed by atoms with Gasteiger partial charge in [-0.15, -0.1) is 0 Å². The topological polar surface area (TPSA) is 63.5 Å². The summed E-state index contributed by atoms with van der Waals surface area (Å²) in [6, 6.07) is 7.96. The summed E-state index contributed by atoms with van der Waals surface area (Å²) in [5, 5.41) is 7.24. The average molecular weight is 328 g/mol. The summed E-state index contributed by atoms with van der Waals surface area (Å²) in [5.74, 6) is 0.822. The van der Waals surface area contributed by atoms with Gasteiger partial charge in [0.05, 0.1) is 6.04 Å². The van der Waals surface area contributed by atoms with Crippen LogP contribution in [0, 0.1) is 12.3 Å². The van der Waals surface area contributed by atoms with Gasteiger partial charge in [0.25, 0.3) is 0 Å². The predicted octanol–water partition coefficient (Wildman–Crippen LogP) is 3.67. The fourth-order valence-electron chi connectivity index (χ4n) is 3.95. The molecule has 2 heterocycles. The Balaban J connectivity index is 1.39. The van der Waals surface area contributed by atoms with Gasteiger partial charge in [0.2, 0.25) is 0 Å². The molecule has 1 aliphatic heterocycles. The van der Waals surface area contributed by atoms with E-state index in [1.54, 1.807) is 0 Å². The zero-order chi connectivity index (χ0) is 16.7. The summed E-state index contributed by atoms with van der Waals surface area (Å²) < 4.78 is 11.4. The lowest BCUT2D eigenvalue weighted by Crippen LogP contribution is -2.40. The quantitative estimate of drug-likeness (QED) is 0.903. The maximum Gasteiger partial charge on any atom is 0.315 e. The van der Waals surface area contributed by atoms with Gasteiger partial charge in [0, 0.05) is 30.2 Å². The Hall–Kier alpha value is -2.01. The number of aryl methyl sites for hydroxylation is 1. The minimum atomic E-state index is -0.165. The molecule has 2 aliphatic rings. The van der Waals surface area contributed by atoms with Crippen LogP contribution < -0.4 is 10.6 Å². The van der Waals surface area contributed by atoms with Crippen LogP contribution in [0.1, 0.15) is 43.6 Å². The van der Waals surface area contributed by atoms with Crippen molar-refractivity contribution in [3.8, 4) is 0 Å². The van der Waals surface area contributed by atoms with Crippen LogP contribution in [0.5, 0.6) is 0 Å². The molecule has 1 aromatic carbocycles. The number of carbonyl (C=O) groups is 1. The lowest BCUT2D eigenvalue weighted by atomic mass is 9.96. The first-order valence-corrected chi connectivity index (χ1v) is 8.72. The van der Waals surface area contributed by atoms with Gasteiger partial charge in [0.15, 0.2) is 0 Å². The molecule has 2 N–H and O–H groups in total. The van der Waals surface area contributed by atoms with Gasteiger partial charge < -0.3 is 19.8 Å². The van der Waals surface area contributed by atoms with E-state index in [2.05, 4.69) is 10.6 Å². The second-order valence-corrected chi connectivity index (χ2v) is 7.16. The first-order chi connectivity index (χ1) is 11.6. The van der Waals surface area contributed by atoms with Crippen LogP contribution in [-0.4, -0.2) is 25.3 Å². The summed E-state index contributed by atoms with van der Waals surface area (Å²) in [7, 11) is 0. The van der Waals surface area contributed by atoms with Crippen LogP contribution in [0.3, 0.4) is 0 Å². The van der Waals surface area contributed by atoms with Gasteiger partial charge >= 0.3 is 6.03 Å². The van der Waals surface area contributed by atoms with Crippen molar-refractivity contribution >= 4 is 17.0 Å². The Morgan fingerprint density at radius 3 is 2.79 bits per heavy atom. The number of nitrogens with one attached hydrogen (secondary N) is 2. The van der Waals surface area contributed by atoms with Crippen molar-refractivity contribution in [3.63, 3.8) is 0 Å². The van der Waals surface area contributed by atoms with Gasteiger partial charge in [-0.2, -0.15) is 0 Å². The van der Waals surface area contributed by atoms with Gasteiger partial charge in [-0.1, -0.05) is 18.2 Å². The second-order valence-electron chi connectivity index (χ2n) is 7.16. The van der Waals surface area contributed by atoms with Crippen molar-refractivity contribution in [2.24, 2.45) is 5.41 Å². The molecule has 1 aliphatic carbocycles. The number of rotatable bonds is 3. The molecule has 2 aromatic rings. The summed E-state index contributed by atoms with van der Waals surface area (Å²) in [6.07, 6.45) is 3.17. The Labute approximate surface area is 141 Å². The van der Waals surface area contributed by atoms with E-state index in [9.17, 15) is 4.79 Å². The van der Waals surface area contributed by atoms with E-state index in [0.717, 1.165) is 54.8 Å². The number of hydrogen-bond acceptors (Lipinski definition) is 3. The van der Waals surface area contributed by atoms with Gasteiger partial charge in [-0.25, -0.2) is 4.79 Å². The maximum absolute atomic E-state index is 12.3. The standard InChI is InChI=1S/C19H24N2O3/c1-12-14-5-3-4-6-15(14)24-17(12)13(2)20-18(22)21-16-11-19(16)7-9-23-10-8-19/h3-6,13,16H,7-11H2,1-2H3,(H2,20,21,22). The largest absolute Gasteiger partial charge is 0.459 e. The van der Waals surface area contributed by atoms with Crippen molar-refractivity contribution in [2.75, 3.05) is 13.2 Å². The van der Waals surface area contributed by atoms with E-state index in [1.165, 1.54) is 0 Å². The van der Waals surface area contributed by atoms with E-state index in [0.29, 0.717) is 0 Å². The fourth-order valence-corrected chi connectivity index (χ4v) is 3.95. The van der Waals surface area contributed by atoms with E-state index in [4.69, 9.17) is 9.15 Å². The zero-order valence-electron chi connectivity index (χ0n) is 14.2. The normalized spacial score (nSPS) is 23.2. The lowest BCUT2D eigenvalue weighted by molar-refractivity contribution is 0.0547. The van der Waals surface area contributed by atoms with Crippen molar-refractivity contribution < 1.29 is 13.9 Å². The molecular weight excluding hydrogens is 304 g/mol. The van der Waals surface area contributed by atoms with Crippen LogP contribution >= 0.6 is 0 Å². The van der Waals surface area contributed by atoms with Crippen molar-refractivity contribution in [2.45, 2.75) is 45.2 Å². The molecule has 4 rings (SSSR count). The summed E-state index contributed by atoms with van der Waals surface area (Å²) >= 11 is 0. The highest BCUT2D eigenvalue weighted by atomic mass is 16.5. The highest BCUT2D eigenvalue weighted by Gasteiger charge is 2.55. The maximum atomic E-state index is 12.3. The first kappa shape index (κ1) is 15.5. The summed E-state index contributed by atoms with van der Waals surface area (Å²) in [6.45, 7) is 5.62. The van der Waals surface area contributed by atoms with E-state index >= 15 is 0 Å². The van der Waals surface area contributed by atoms with Crippen LogP contribution in [0.25, 0.3) is 11.0 Å². The Morgan fingerprint density at radius 1 is 1.29 bits per heavy atom. The SMILES string of the molecule is Cc1c(C(C)NC(=O)NC2CC23CCOCC3)oc2ccccc12. The van der Waals surface area contributed by atoms with Gasteiger partial charge in [-0.3, -0.25) is 0 Å². The molecular formula is C19H24N2O3. The van der Waals surface area contributed by atoms with Gasteiger partial charge in [0.1, 0.15) is 11.3 Å². The Morgan fingerprint density at radius 2 is 2.04 bits per heavy atom. The zero-order valence-corrected chi connectivity index (χ0v) is 14.2. The molecule has 2 unspecified atom stereocenters. The predicted molar refractivity (Wildman–Crippen MR) is 91.9 cm³/mol. The number of hydrogen-bond donors (Lipinski definition) is 2. The van der Waals surface area contributed by atoms with Crippen LogP contribution in [0.15, 0.2) is 28.7 Å². The van der Waals surface area contributed by atoms with Gasteiger partial charge in [-0.05, 0) is 44.6 Å². The molecule has 5 nitrogen and oxygen atoms in total. The highest BCUT2D eigenvalue weighted by molar-refractivity contribution is 5.82. The molecule has 2 fully saturated rings. The third-order valence-electron chi connectivity index (χ3n) is 5.61. The number of amides is 2. The molecule has 0 bridgehead atoms. The van der Waals surface area contributed by atoms with E-state index in [1.807, 2.05) is 38.1 Å². The molecule has 128 valence electrons. The highest BCUT2D eigenvalue weighted by Crippen LogP contribution is 2.53. The van der Waals surface area contributed by atoms with Crippen LogP contribution in [-0.2, 0) is 4.74 Å². The number of urea groups is 1. The Bertz CT molecular complexity index is 761. The van der Waals surface area contributed by atoms with E-state index < -0.39 is 0 Å². The summed E-state index contributed by atoms with van der Waals surface area (Å²) in [4.78, 5) is 12.3. The molecule has 1 spiro atoms. The third kappa shape index (κ3) is 2.67. The van der Waals surface area contributed by atoms with Crippen molar-refractivity contribution in [1.82, 2.24) is 10.6 Å². The number of furan rings is 1. The number of benzene rings is 1. The van der Waals surface area contributed by atoms with Crippen LogP contribution in [0.4, 0.5) is 4.79 Å². The molecule has 1 saturated carbocycles. The van der Waals surface area contributed by atoms with E-state index in [-0.39, 0.29) is 23.5 Å². The smallest absolute Gasteiger partial charge is 0.315 e. The summed E-state index contributed by atoms with van der Waals surface area (Å²) in [5.41, 5.74) is 2.24. The third-order valence-corrected chi connectivity index (χ3v) is 5.61. The number of para-hydroxylation sites is 1. The minimum absolute atomic E-state index is 0.115. The molecule has 1 aromatic heterocycles. The number of ether oxygens (including phenoxy) is 1. The molecule has 24 heavy (non-hydrogen) atoms.